The van der Waals surface area contributed by atoms with Crippen LogP contribution in [0.2, 0.25) is 0 Å². The average molecular weight is 234 g/mol. The number of hydrogen-bond acceptors (Lipinski definition) is 1. The van der Waals surface area contributed by atoms with Gasteiger partial charge in [0.05, 0.1) is 4.83 Å². The van der Waals surface area contributed by atoms with Gasteiger partial charge in [0.25, 0.3) is 0 Å². The summed E-state index contributed by atoms with van der Waals surface area (Å²) in [5, 5.41) is 3.01. The van der Waals surface area contributed by atoms with Gasteiger partial charge in [-0.15, -0.1) is 0 Å². The quantitative estimate of drug-likeness (QED) is 0.741. The van der Waals surface area contributed by atoms with E-state index in [1.165, 1.54) is 12.8 Å². The summed E-state index contributed by atoms with van der Waals surface area (Å²) in [6, 6.07) is 0.365. The van der Waals surface area contributed by atoms with Crippen molar-refractivity contribution >= 4 is 21.8 Å². The first-order valence-corrected chi connectivity index (χ1v) is 5.51. The molecule has 1 aliphatic rings. The second kappa shape index (κ2) is 4.26. The molecule has 2 atom stereocenters. The molecule has 2 nitrogen and oxygen atoms in total. The van der Waals surface area contributed by atoms with Crippen molar-refractivity contribution < 1.29 is 4.79 Å². The molecule has 0 aliphatic heterocycles. The Balaban J connectivity index is 2.24. The third kappa shape index (κ3) is 2.77. The Morgan fingerprint density at radius 1 is 1.67 bits per heavy atom. The van der Waals surface area contributed by atoms with Crippen molar-refractivity contribution in [3.8, 4) is 0 Å². The van der Waals surface area contributed by atoms with Crippen LogP contribution in [0.1, 0.15) is 33.1 Å². The minimum atomic E-state index is -0.0151. The van der Waals surface area contributed by atoms with Crippen LogP contribution in [0.3, 0.4) is 0 Å². The van der Waals surface area contributed by atoms with Crippen molar-refractivity contribution in [3.63, 3.8) is 0 Å². The van der Waals surface area contributed by atoms with Gasteiger partial charge in [0.1, 0.15) is 0 Å². The van der Waals surface area contributed by atoms with Crippen LogP contribution in [0, 0.1) is 5.92 Å². The zero-order chi connectivity index (χ0) is 9.14. The SMILES string of the molecule is CCC(Br)C(=O)NC(C)C1CC1. The smallest absolute Gasteiger partial charge is 0.233 e. The molecule has 0 aromatic rings. The fourth-order valence-corrected chi connectivity index (χ4v) is 1.35. The summed E-state index contributed by atoms with van der Waals surface area (Å²) in [4.78, 5) is 11.3. The molecular formula is C9H16BrNO. The van der Waals surface area contributed by atoms with Crippen molar-refractivity contribution in [2.45, 2.75) is 44.0 Å². The van der Waals surface area contributed by atoms with E-state index >= 15 is 0 Å². The maximum absolute atomic E-state index is 11.4. The molecule has 2 unspecified atom stereocenters. The lowest BCUT2D eigenvalue weighted by atomic mass is 10.2. The van der Waals surface area contributed by atoms with Crippen LogP contribution in [0.15, 0.2) is 0 Å². The normalized spacial score (nSPS) is 21.6. The molecule has 1 rings (SSSR count). The molecule has 1 aliphatic carbocycles. The molecule has 1 amide bonds. The average Bonchev–Trinajstić information content (AvgIpc) is 2.84. The Morgan fingerprint density at radius 2 is 2.25 bits per heavy atom. The Labute approximate surface area is 82.2 Å². The molecular weight excluding hydrogens is 218 g/mol. The van der Waals surface area contributed by atoms with Crippen LogP contribution in [-0.2, 0) is 4.79 Å². The van der Waals surface area contributed by atoms with E-state index in [0.717, 1.165) is 12.3 Å². The molecule has 0 spiro atoms. The summed E-state index contributed by atoms with van der Waals surface area (Å²) in [6.45, 7) is 4.09. The molecule has 0 aromatic heterocycles. The predicted octanol–water partition coefficient (Wildman–Crippen LogP) is 2.07. The standard InChI is InChI=1S/C9H16BrNO/c1-3-8(10)9(12)11-6(2)7-4-5-7/h6-8H,3-5H2,1-2H3,(H,11,12). The van der Waals surface area contributed by atoms with Crippen molar-refractivity contribution in [2.75, 3.05) is 0 Å². The minimum absolute atomic E-state index is 0.0151. The van der Waals surface area contributed by atoms with E-state index in [1.807, 2.05) is 6.92 Å². The number of rotatable bonds is 4. The lowest BCUT2D eigenvalue weighted by Gasteiger charge is -2.14. The molecule has 0 heterocycles. The number of halogens is 1. The largest absolute Gasteiger partial charge is 0.352 e. The third-order valence-corrected chi connectivity index (χ3v) is 3.41. The lowest BCUT2D eigenvalue weighted by molar-refractivity contribution is -0.121. The molecule has 1 fully saturated rings. The molecule has 0 radical (unpaired) electrons. The summed E-state index contributed by atoms with van der Waals surface area (Å²) >= 11 is 3.33. The Hall–Kier alpha value is -0.0500. The van der Waals surface area contributed by atoms with Crippen LogP contribution in [-0.4, -0.2) is 16.8 Å². The Morgan fingerprint density at radius 3 is 2.67 bits per heavy atom. The topological polar surface area (TPSA) is 29.1 Å². The first kappa shape index (κ1) is 10.0. The van der Waals surface area contributed by atoms with Crippen molar-refractivity contribution in [1.29, 1.82) is 0 Å². The second-order valence-electron chi connectivity index (χ2n) is 3.51. The highest BCUT2D eigenvalue weighted by atomic mass is 79.9. The first-order valence-electron chi connectivity index (χ1n) is 4.59. The van der Waals surface area contributed by atoms with E-state index < -0.39 is 0 Å². The number of nitrogens with one attached hydrogen (secondary N) is 1. The molecule has 3 heteroatoms. The van der Waals surface area contributed by atoms with Gasteiger partial charge in [-0.25, -0.2) is 0 Å². The molecule has 0 aromatic carbocycles. The predicted molar refractivity (Wildman–Crippen MR) is 53.3 cm³/mol. The Kier molecular flexibility index (Phi) is 3.56. The highest BCUT2D eigenvalue weighted by Crippen LogP contribution is 2.32. The number of carbonyl (C=O) groups is 1. The van der Waals surface area contributed by atoms with Crippen molar-refractivity contribution in [2.24, 2.45) is 5.92 Å². The highest BCUT2D eigenvalue weighted by molar-refractivity contribution is 9.10. The van der Waals surface area contributed by atoms with Crippen LogP contribution < -0.4 is 5.32 Å². The Bertz CT molecular complexity index is 168. The van der Waals surface area contributed by atoms with Gasteiger partial charge in [0, 0.05) is 6.04 Å². The lowest BCUT2D eigenvalue weighted by Crippen LogP contribution is -2.38. The maximum atomic E-state index is 11.4. The van der Waals surface area contributed by atoms with Gasteiger partial charge in [0.2, 0.25) is 5.91 Å². The monoisotopic (exact) mass is 233 g/mol. The summed E-state index contributed by atoms with van der Waals surface area (Å²) < 4.78 is 0. The number of amides is 1. The van der Waals surface area contributed by atoms with E-state index in [4.69, 9.17) is 0 Å². The minimum Gasteiger partial charge on any atom is -0.352 e. The number of carbonyl (C=O) groups excluding carboxylic acids is 1. The van der Waals surface area contributed by atoms with Crippen LogP contribution in [0.25, 0.3) is 0 Å². The fourth-order valence-electron chi connectivity index (χ4n) is 1.21. The van der Waals surface area contributed by atoms with E-state index in [9.17, 15) is 4.79 Å². The van der Waals surface area contributed by atoms with Gasteiger partial charge >= 0.3 is 0 Å². The van der Waals surface area contributed by atoms with Gasteiger partial charge in [0.15, 0.2) is 0 Å². The van der Waals surface area contributed by atoms with Crippen LogP contribution in [0.5, 0.6) is 0 Å². The third-order valence-electron chi connectivity index (χ3n) is 2.34. The molecule has 70 valence electrons. The fraction of sp³-hybridized carbons (Fsp3) is 0.889. The summed E-state index contributed by atoms with van der Waals surface area (Å²) in [5.41, 5.74) is 0. The van der Waals surface area contributed by atoms with Gasteiger partial charge in [-0.1, -0.05) is 22.9 Å². The first-order chi connectivity index (χ1) is 5.65. The maximum Gasteiger partial charge on any atom is 0.233 e. The van der Waals surface area contributed by atoms with Gasteiger partial charge in [-0.3, -0.25) is 4.79 Å². The molecule has 0 saturated heterocycles. The summed E-state index contributed by atoms with van der Waals surface area (Å²) in [5.74, 6) is 0.877. The molecule has 0 bridgehead atoms. The number of alkyl halides is 1. The van der Waals surface area contributed by atoms with Crippen molar-refractivity contribution in [1.82, 2.24) is 5.32 Å². The van der Waals surface area contributed by atoms with E-state index in [2.05, 4.69) is 28.2 Å². The molecule has 1 saturated carbocycles. The molecule has 12 heavy (non-hydrogen) atoms. The zero-order valence-electron chi connectivity index (χ0n) is 7.64. The summed E-state index contributed by atoms with van der Waals surface area (Å²) in [6.07, 6.45) is 3.41. The van der Waals surface area contributed by atoms with E-state index in [0.29, 0.717) is 6.04 Å². The molecule has 1 N–H and O–H groups in total. The van der Waals surface area contributed by atoms with Crippen LogP contribution >= 0.6 is 15.9 Å². The number of hydrogen-bond donors (Lipinski definition) is 1. The van der Waals surface area contributed by atoms with E-state index in [1.54, 1.807) is 0 Å². The van der Waals surface area contributed by atoms with Crippen molar-refractivity contribution in [3.05, 3.63) is 0 Å². The van der Waals surface area contributed by atoms with Gasteiger partial charge in [-0.05, 0) is 32.1 Å². The van der Waals surface area contributed by atoms with Crippen LogP contribution in [0.4, 0.5) is 0 Å². The summed E-state index contributed by atoms with van der Waals surface area (Å²) in [7, 11) is 0. The van der Waals surface area contributed by atoms with Gasteiger partial charge < -0.3 is 5.32 Å². The highest BCUT2D eigenvalue weighted by Gasteiger charge is 2.29. The second-order valence-corrected chi connectivity index (χ2v) is 4.62. The zero-order valence-corrected chi connectivity index (χ0v) is 9.23. The van der Waals surface area contributed by atoms with E-state index in [-0.39, 0.29) is 10.7 Å². The van der Waals surface area contributed by atoms with Gasteiger partial charge in [-0.2, -0.15) is 0 Å².